The van der Waals surface area contributed by atoms with Crippen LogP contribution in [0.25, 0.3) is 0 Å². The van der Waals surface area contributed by atoms with Gasteiger partial charge in [0.1, 0.15) is 5.82 Å². The van der Waals surface area contributed by atoms with E-state index in [1.807, 2.05) is 0 Å². The minimum atomic E-state index is -1.00. The summed E-state index contributed by atoms with van der Waals surface area (Å²) in [6, 6.07) is 13.0. The average molecular weight is 496 g/mol. The summed E-state index contributed by atoms with van der Waals surface area (Å²) in [5, 5.41) is 27.6. The molecule has 1 aliphatic rings. The molecule has 3 aromatic rings. The first-order valence-corrected chi connectivity index (χ1v) is 10.3. The van der Waals surface area contributed by atoms with Crippen molar-refractivity contribution in [3.8, 4) is 17.2 Å². The highest BCUT2D eigenvalue weighted by atomic mass is 19.1. The molecule has 184 valence electrons. The van der Waals surface area contributed by atoms with Gasteiger partial charge in [0.05, 0.1) is 23.0 Å². The molecule has 0 aromatic heterocycles. The summed E-state index contributed by atoms with van der Waals surface area (Å²) in [5.41, 5.74) is -0.317. The fourth-order valence-electron chi connectivity index (χ4n) is 3.41. The van der Waals surface area contributed by atoms with Crippen LogP contribution in [0.3, 0.4) is 0 Å². The molecule has 0 bridgehead atoms. The first-order valence-electron chi connectivity index (χ1n) is 10.3. The van der Waals surface area contributed by atoms with Gasteiger partial charge in [0.15, 0.2) is 11.5 Å². The Bertz CT molecular complexity index is 1410. The standard InChI is InChI=1S/C23H17FN4O8/c1-13(29)26-23(36-22(25-26)14-4-3-5-16(24)10-14)15-6-8-20(21(11-15)34-2)35-19-9-7-17(27(30)31)12-18(19)28(32)33/h3-12,23H,1-2H3. The number of halogens is 1. The van der Waals surface area contributed by atoms with Crippen molar-refractivity contribution in [2.24, 2.45) is 5.10 Å². The summed E-state index contributed by atoms with van der Waals surface area (Å²) in [7, 11) is 1.34. The molecule has 0 spiro atoms. The Morgan fingerprint density at radius 1 is 1.03 bits per heavy atom. The number of non-ortho nitro benzene ring substituents is 1. The zero-order chi connectivity index (χ0) is 26.0. The van der Waals surface area contributed by atoms with Crippen LogP contribution in [0.5, 0.6) is 17.2 Å². The maximum absolute atomic E-state index is 13.7. The lowest BCUT2D eigenvalue weighted by molar-refractivity contribution is -0.394. The number of nitrogens with zero attached hydrogens (tertiary/aromatic N) is 4. The van der Waals surface area contributed by atoms with Gasteiger partial charge in [-0.2, -0.15) is 5.01 Å². The number of carbonyl (C=O) groups is 1. The quantitative estimate of drug-likeness (QED) is 0.338. The minimum Gasteiger partial charge on any atom is -0.493 e. The van der Waals surface area contributed by atoms with E-state index in [-0.39, 0.29) is 23.1 Å². The number of carbonyl (C=O) groups excluding carboxylic acids is 1. The van der Waals surface area contributed by atoms with E-state index in [4.69, 9.17) is 14.2 Å². The molecule has 1 atom stereocenters. The maximum atomic E-state index is 13.7. The number of nitro groups is 2. The molecule has 1 heterocycles. The molecular formula is C23H17FN4O8. The van der Waals surface area contributed by atoms with Crippen LogP contribution >= 0.6 is 0 Å². The predicted octanol–water partition coefficient (Wildman–Crippen LogP) is 4.68. The molecule has 0 radical (unpaired) electrons. The highest BCUT2D eigenvalue weighted by Crippen LogP contribution is 2.40. The van der Waals surface area contributed by atoms with Crippen molar-refractivity contribution < 1.29 is 33.2 Å². The first-order chi connectivity index (χ1) is 17.2. The molecular weight excluding hydrogens is 479 g/mol. The molecule has 36 heavy (non-hydrogen) atoms. The van der Waals surface area contributed by atoms with E-state index in [1.54, 1.807) is 6.07 Å². The molecule has 13 heteroatoms. The summed E-state index contributed by atoms with van der Waals surface area (Å²) in [6.07, 6.45) is -1.00. The summed E-state index contributed by atoms with van der Waals surface area (Å²) >= 11 is 0. The summed E-state index contributed by atoms with van der Waals surface area (Å²) in [4.78, 5) is 33.0. The molecule has 0 aliphatic carbocycles. The number of hydrazone groups is 1. The van der Waals surface area contributed by atoms with Gasteiger partial charge in [0, 0.05) is 24.1 Å². The lowest BCUT2D eigenvalue weighted by Gasteiger charge is -2.20. The number of benzene rings is 3. The zero-order valence-corrected chi connectivity index (χ0v) is 18.8. The predicted molar refractivity (Wildman–Crippen MR) is 122 cm³/mol. The number of methoxy groups -OCH3 is 1. The third kappa shape index (κ3) is 4.75. The van der Waals surface area contributed by atoms with Gasteiger partial charge in [-0.3, -0.25) is 25.0 Å². The second-order valence-corrected chi connectivity index (χ2v) is 7.43. The highest BCUT2D eigenvalue weighted by Gasteiger charge is 2.34. The number of hydrogen-bond acceptors (Lipinski definition) is 9. The Hall–Kier alpha value is -5.07. The monoisotopic (exact) mass is 496 g/mol. The lowest BCUT2D eigenvalue weighted by Crippen LogP contribution is -2.25. The van der Waals surface area contributed by atoms with Crippen molar-refractivity contribution in [2.45, 2.75) is 13.2 Å². The molecule has 0 N–H and O–H groups in total. The average Bonchev–Trinajstić information content (AvgIpc) is 3.30. The van der Waals surface area contributed by atoms with Crippen molar-refractivity contribution in [2.75, 3.05) is 7.11 Å². The van der Waals surface area contributed by atoms with E-state index in [0.29, 0.717) is 11.1 Å². The molecule has 0 fully saturated rings. The van der Waals surface area contributed by atoms with Crippen LogP contribution in [0.4, 0.5) is 15.8 Å². The van der Waals surface area contributed by atoms with E-state index < -0.39 is 39.2 Å². The van der Waals surface area contributed by atoms with Crippen molar-refractivity contribution in [3.05, 3.63) is 97.8 Å². The van der Waals surface area contributed by atoms with Crippen LogP contribution in [0.2, 0.25) is 0 Å². The normalized spacial score (nSPS) is 14.6. The summed E-state index contributed by atoms with van der Waals surface area (Å²) in [5.74, 6) is -0.943. The Balaban J connectivity index is 1.65. The Morgan fingerprint density at radius 2 is 1.78 bits per heavy atom. The van der Waals surface area contributed by atoms with Crippen molar-refractivity contribution in [1.29, 1.82) is 0 Å². The molecule has 0 saturated carbocycles. The van der Waals surface area contributed by atoms with Gasteiger partial charge in [-0.05, 0) is 42.5 Å². The smallest absolute Gasteiger partial charge is 0.318 e. The molecule has 1 unspecified atom stereocenters. The molecule has 4 rings (SSSR count). The van der Waals surface area contributed by atoms with Crippen molar-refractivity contribution in [3.63, 3.8) is 0 Å². The van der Waals surface area contributed by atoms with Gasteiger partial charge in [-0.1, -0.05) is 6.07 Å². The number of rotatable bonds is 7. The van der Waals surface area contributed by atoms with Gasteiger partial charge in [0.25, 0.3) is 5.69 Å². The van der Waals surface area contributed by atoms with Gasteiger partial charge in [-0.15, -0.1) is 5.10 Å². The van der Waals surface area contributed by atoms with Crippen LogP contribution < -0.4 is 9.47 Å². The molecule has 1 aliphatic heterocycles. The molecule has 0 saturated heterocycles. The van der Waals surface area contributed by atoms with E-state index in [0.717, 1.165) is 23.2 Å². The summed E-state index contributed by atoms with van der Waals surface area (Å²) < 4.78 is 30.5. The van der Waals surface area contributed by atoms with Gasteiger partial charge >= 0.3 is 5.69 Å². The zero-order valence-electron chi connectivity index (χ0n) is 18.8. The largest absolute Gasteiger partial charge is 0.493 e. The van der Waals surface area contributed by atoms with Gasteiger partial charge < -0.3 is 14.2 Å². The Labute approximate surface area is 202 Å². The van der Waals surface area contributed by atoms with Crippen LogP contribution in [-0.4, -0.2) is 33.8 Å². The summed E-state index contributed by atoms with van der Waals surface area (Å²) in [6.45, 7) is 1.29. The van der Waals surface area contributed by atoms with Crippen molar-refractivity contribution >= 4 is 23.2 Å². The number of nitro benzene ring substituents is 2. The van der Waals surface area contributed by atoms with E-state index in [9.17, 15) is 29.4 Å². The van der Waals surface area contributed by atoms with E-state index >= 15 is 0 Å². The van der Waals surface area contributed by atoms with Crippen LogP contribution in [0.1, 0.15) is 24.3 Å². The lowest BCUT2D eigenvalue weighted by atomic mass is 10.1. The van der Waals surface area contributed by atoms with Gasteiger partial charge in [-0.25, -0.2) is 4.39 Å². The van der Waals surface area contributed by atoms with Crippen LogP contribution in [-0.2, 0) is 9.53 Å². The fraction of sp³-hybridized carbons (Fsp3) is 0.130. The fourth-order valence-corrected chi connectivity index (χ4v) is 3.41. The molecule has 1 amide bonds. The minimum absolute atomic E-state index is 0.0375. The third-order valence-electron chi connectivity index (χ3n) is 5.08. The number of amides is 1. The second-order valence-electron chi connectivity index (χ2n) is 7.43. The van der Waals surface area contributed by atoms with E-state index in [1.165, 1.54) is 50.4 Å². The third-order valence-corrected chi connectivity index (χ3v) is 5.08. The topological polar surface area (TPSA) is 147 Å². The second kappa shape index (κ2) is 9.66. The van der Waals surface area contributed by atoms with Crippen molar-refractivity contribution in [1.82, 2.24) is 5.01 Å². The SMILES string of the molecule is COc1cc(C2OC(c3cccc(F)c3)=NN2C(C)=O)ccc1Oc1ccc([N+](=O)[O-])cc1[N+](=O)[O-]. The Kier molecular flexibility index (Phi) is 6.46. The maximum Gasteiger partial charge on any atom is 0.318 e. The van der Waals surface area contributed by atoms with Crippen LogP contribution in [0.15, 0.2) is 65.8 Å². The van der Waals surface area contributed by atoms with Crippen LogP contribution in [0, 0.1) is 26.0 Å². The van der Waals surface area contributed by atoms with E-state index in [2.05, 4.69) is 5.10 Å². The first kappa shape index (κ1) is 24.1. The number of hydrogen-bond donors (Lipinski definition) is 0. The highest BCUT2D eigenvalue weighted by molar-refractivity contribution is 5.96. The van der Waals surface area contributed by atoms with Gasteiger partial charge in [0.2, 0.25) is 23.8 Å². The molecule has 3 aromatic carbocycles. The Morgan fingerprint density at radius 3 is 2.42 bits per heavy atom. The number of ether oxygens (including phenoxy) is 3. The molecule has 12 nitrogen and oxygen atoms in total.